The molecule has 1 aliphatic rings. The second-order valence-corrected chi connectivity index (χ2v) is 5.29. The molecule has 1 heterocycles. The van der Waals surface area contributed by atoms with Crippen LogP contribution in [0.5, 0.6) is 0 Å². The quantitative estimate of drug-likeness (QED) is 0.879. The fourth-order valence-corrected chi connectivity index (χ4v) is 2.84. The first-order valence-electron chi connectivity index (χ1n) is 5.77. The van der Waals surface area contributed by atoms with Crippen molar-refractivity contribution in [3.05, 3.63) is 64.1 Å². The Hall–Kier alpha value is -2.12. The molecule has 0 unspecified atom stereocenters. The maximum Gasteiger partial charge on any atom is 0.254 e. The lowest BCUT2D eigenvalue weighted by Crippen LogP contribution is -2.34. The normalized spacial score (nSPS) is 20.5. The number of benzene rings is 2. The van der Waals surface area contributed by atoms with Crippen LogP contribution in [0.3, 0.4) is 0 Å². The molecule has 0 aromatic heterocycles. The number of amides is 1. The van der Waals surface area contributed by atoms with Gasteiger partial charge in [0.05, 0.1) is 6.07 Å². The first-order chi connectivity index (χ1) is 9.18. The molecule has 92 valence electrons. The largest absolute Gasteiger partial charge is 0.324 e. The number of halogens is 1. The van der Waals surface area contributed by atoms with Crippen LogP contribution >= 0.6 is 15.9 Å². The average Bonchev–Trinajstić information content (AvgIpc) is 2.71. The lowest BCUT2D eigenvalue weighted by Gasteiger charge is -2.19. The number of anilines is 1. The predicted molar refractivity (Wildman–Crippen MR) is 75.6 cm³/mol. The van der Waals surface area contributed by atoms with Crippen LogP contribution < -0.4 is 5.32 Å². The predicted octanol–water partition coefficient (Wildman–Crippen LogP) is 3.21. The minimum atomic E-state index is -1.26. The van der Waals surface area contributed by atoms with Crippen LogP contribution in [-0.2, 0) is 10.2 Å². The molecule has 0 spiro atoms. The summed E-state index contributed by atoms with van der Waals surface area (Å²) in [5, 5.41) is 12.4. The highest BCUT2D eigenvalue weighted by molar-refractivity contribution is 9.10. The van der Waals surface area contributed by atoms with E-state index in [1.807, 2.05) is 42.5 Å². The second-order valence-electron chi connectivity index (χ2n) is 4.37. The zero-order valence-corrected chi connectivity index (χ0v) is 11.4. The third-order valence-corrected chi connectivity index (χ3v) is 3.84. The molecule has 0 fully saturated rings. The molecule has 0 aliphatic carbocycles. The van der Waals surface area contributed by atoms with Gasteiger partial charge in [-0.15, -0.1) is 0 Å². The summed E-state index contributed by atoms with van der Waals surface area (Å²) >= 11 is 3.38. The van der Waals surface area contributed by atoms with Crippen LogP contribution in [0.1, 0.15) is 11.1 Å². The number of hydrogen-bond acceptors (Lipinski definition) is 2. The molecule has 0 saturated heterocycles. The first-order valence-corrected chi connectivity index (χ1v) is 6.56. The third kappa shape index (κ3) is 1.59. The van der Waals surface area contributed by atoms with E-state index in [-0.39, 0.29) is 5.91 Å². The van der Waals surface area contributed by atoms with Crippen molar-refractivity contribution in [2.45, 2.75) is 5.41 Å². The van der Waals surface area contributed by atoms with Gasteiger partial charge in [-0.25, -0.2) is 0 Å². The van der Waals surface area contributed by atoms with Crippen molar-refractivity contribution in [1.29, 1.82) is 5.26 Å². The maximum atomic E-state index is 12.3. The Kier molecular flexibility index (Phi) is 2.65. The highest BCUT2D eigenvalue weighted by Crippen LogP contribution is 2.42. The Morgan fingerprint density at radius 2 is 1.95 bits per heavy atom. The maximum absolute atomic E-state index is 12.3. The molecule has 0 saturated carbocycles. The monoisotopic (exact) mass is 312 g/mol. The Balaban J connectivity index is 2.31. The van der Waals surface area contributed by atoms with Gasteiger partial charge in [0, 0.05) is 15.7 Å². The molecule has 1 atom stereocenters. The van der Waals surface area contributed by atoms with Gasteiger partial charge in [-0.3, -0.25) is 4.79 Å². The summed E-state index contributed by atoms with van der Waals surface area (Å²) < 4.78 is 0.844. The molecular formula is C15H9BrN2O. The number of carbonyl (C=O) groups excluding carboxylic acids is 1. The molecular weight excluding hydrogens is 304 g/mol. The number of para-hydroxylation sites is 1. The van der Waals surface area contributed by atoms with Crippen molar-refractivity contribution < 1.29 is 4.79 Å². The van der Waals surface area contributed by atoms with Gasteiger partial charge >= 0.3 is 0 Å². The summed E-state index contributed by atoms with van der Waals surface area (Å²) in [5.41, 5.74) is 0.821. The van der Waals surface area contributed by atoms with Gasteiger partial charge in [-0.05, 0) is 23.8 Å². The average molecular weight is 313 g/mol. The minimum absolute atomic E-state index is 0.297. The Bertz CT molecular complexity index is 720. The summed E-state index contributed by atoms with van der Waals surface area (Å²) in [4.78, 5) is 12.3. The molecule has 1 amide bonds. The third-order valence-electron chi connectivity index (χ3n) is 3.35. The van der Waals surface area contributed by atoms with Gasteiger partial charge in [0.2, 0.25) is 0 Å². The van der Waals surface area contributed by atoms with E-state index in [9.17, 15) is 10.1 Å². The highest BCUT2D eigenvalue weighted by atomic mass is 79.9. The lowest BCUT2D eigenvalue weighted by molar-refractivity contribution is -0.118. The molecule has 2 aromatic rings. The van der Waals surface area contributed by atoms with Crippen molar-refractivity contribution in [3.63, 3.8) is 0 Å². The number of fused-ring (bicyclic) bond motifs is 1. The van der Waals surface area contributed by atoms with Gasteiger partial charge in [0.25, 0.3) is 5.91 Å². The van der Waals surface area contributed by atoms with Crippen molar-refractivity contribution in [1.82, 2.24) is 0 Å². The molecule has 3 nitrogen and oxygen atoms in total. The van der Waals surface area contributed by atoms with Gasteiger partial charge < -0.3 is 5.32 Å². The summed E-state index contributed by atoms with van der Waals surface area (Å²) in [5.74, 6) is -0.297. The van der Waals surface area contributed by atoms with Gasteiger partial charge in [-0.2, -0.15) is 5.26 Å². The fourth-order valence-electron chi connectivity index (χ4n) is 2.44. The van der Waals surface area contributed by atoms with Crippen LogP contribution in [0, 0.1) is 11.3 Å². The Morgan fingerprint density at radius 3 is 2.68 bits per heavy atom. The van der Waals surface area contributed by atoms with E-state index >= 15 is 0 Å². The lowest BCUT2D eigenvalue weighted by atomic mass is 9.77. The molecule has 1 N–H and O–H groups in total. The summed E-state index contributed by atoms with van der Waals surface area (Å²) in [6.07, 6.45) is 0. The minimum Gasteiger partial charge on any atom is -0.324 e. The summed E-state index contributed by atoms with van der Waals surface area (Å²) in [7, 11) is 0. The first kappa shape index (κ1) is 11.9. The van der Waals surface area contributed by atoms with Crippen LogP contribution in [0.15, 0.2) is 53.0 Å². The van der Waals surface area contributed by atoms with Crippen LogP contribution in [-0.4, -0.2) is 5.91 Å². The number of carbonyl (C=O) groups is 1. The molecule has 4 heteroatoms. The van der Waals surface area contributed by atoms with Crippen molar-refractivity contribution >= 4 is 27.5 Å². The van der Waals surface area contributed by atoms with Crippen LogP contribution in [0.4, 0.5) is 5.69 Å². The van der Waals surface area contributed by atoms with E-state index in [0.717, 1.165) is 4.47 Å². The number of rotatable bonds is 1. The number of hydrogen-bond donors (Lipinski definition) is 1. The molecule has 0 radical (unpaired) electrons. The molecule has 2 aromatic carbocycles. The topological polar surface area (TPSA) is 52.9 Å². The second kappa shape index (κ2) is 4.22. The smallest absolute Gasteiger partial charge is 0.254 e. The Labute approximate surface area is 119 Å². The van der Waals surface area contributed by atoms with Crippen molar-refractivity contribution in [2.75, 3.05) is 5.32 Å². The molecule has 19 heavy (non-hydrogen) atoms. The van der Waals surface area contributed by atoms with Crippen molar-refractivity contribution in [3.8, 4) is 6.07 Å². The van der Waals surface area contributed by atoms with E-state index in [4.69, 9.17) is 0 Å². The van der Waals surface area contributed by atoms with Crippen LogP contribution in [0.2, 0.25) is 0 Å². The number of nitriles is 1. The van der Waals surface area contributed by atoms with E-state index in [0.29, 0.717) is 16.8 Å². The zero-order chi connectivity index (χ0) is 13.5. The van der Waals surface area contributed by atoms with Crippen LogP contribution in [0.25, 0.3) is 0 Å². The van der Waals surface area contributed by atoms with E-state index < -0.39 is 5.41 Å². The Morgan fingerprint density at radius 1 is 1.16 bits per heavy atom. The van der Waals surface area contributed by atoms with Crippen molar-refractivity contribution in [2.24, 2.45) is 0 Å². The molecule has 1 aliphatic heterocycles. The zero-order valence-electron chi connectivity index (χ0n) is 9.85. The fraction of sp³-hybridized carbons (Fsp3) is 0.0667. The van der Waals surface area contributed by atoms with Gasteiger partial charge in [0.15, 0.2) is 5.41 Å². The van der Waals surface area contributed by atoms with E-state index in [1.165, 1.54) is 0 Å². The SMILES string of the molecule is N#C[C@]1(c2cccc(Br)c2)C(=O)Nc2ccccc21. The standard InChI is InChI=1S/C15H9BrN2O/c16-11-5-3-4-10(8-11)15(9-17)12-6-1-2-7-13(12)18-14(15)19/h1-8H,(H,18,19)/t15-/m1/s1. The molecule has 3 rings (SSSR count). The summed E-state index contributed by atoms with van der Waals surface area (Å²) in [6.45, 7) is 0. The van der Waals surface area contributed by atoms with Gasteiger partial charge in [0.1, 0.15) is 0 Å². The molecule has 0 bridgehead atoms. The number of nitrogens with one attached hydrogen (secondary N) is 1. The van der Waals surface area contributed by atoms with E-state index in [2.05, 4.69) is 27.3 Å². The highest BCUT2D eigenvalue weighted by Gasteiger charge is 2.48. The summed E-state index contributed by atoms with van der Waals surface area (Å²) in [6, 6.07) is 16.8. The number of nitrogens with zero attached hydrogens (tertiary/aromatic N) is 1. The van der Waals surface area contributed by atoms with Gasteiger partial charge in [-0.1, -0.05) is 46.3 Å². The van der Waals surface area contributed by atoms with E-state index in [1.54, 1.807) is 6.07 Å².